The summed E-state index contributed by atoms with van der Waals surface area (Å²) in [4.78, 5) is 1.82. The van der Waals surface area contributed by atoms with E-state index in [-0.39, 0.29) is 0 Å². The van der Waals surface area contributed by atoms with Gasteiger partial charge in [-0.3, -0.25) is 0 Å². The predicted molar refractivity (Wildman–Crippen MR) is 129 cm³/mol. The van der Waals surface area contributed by atoms with Gasteiger partial charge in [-0.15, -0.1) is 0 Å². The third kappa shape index (κ3) is 2.71. The highest BCUT2D eigenvalue weighted by atomic mass is 16.5. The molecule has 0 amide bonds. The lowest BCUT2D eigenvalue weighted by molar-refractivity contribution is -0.256. The van der Waals surface area contributed by atoms with E-state index in [0.717, 1.165) is 19.1 Å². The van der Waals surface area contributed by atoms with E-state index in [1.807, 2.05) is 11.9 Å². The lowest BCUT2D eigenvalue weighted by atomic mass is 9.32. The summed E-state index contributed by atoms with van der Waals surface area (Å²) >= 11 is 0. The lowest BCUT2D eigenvalue weighted by Gasteiger charge is -2.73. The van der Waals surface area contributed by atoms with E-state index < -0.39 is 0 Å². The van der Waals surface area contributed by atoms with E-state index >= 15 is 0 Å². The van der Waals surface area contributed by atoms with E-state index in [9.17, 15) is 0 Å². The summed E-state index contributed by atoms with van der Waals surface area (Å²) in [5.74, 6) is 1.34. The van der Waals surface area contributed by atoms with Gasteiger partial charge in [-0.1, -0.05) is 52.7 Å². The Bertz CT molecular complexity index is 862. The van der Waals surface area contributed by atoms with Crippen LogP contribution in [0.2, 0.25) is 0 Å². The molecular weight excluding hydrogens is 394 g/mol. The second-order valence-corrected chi connectivity index (χ2v) is 12.9. The van der Waals surface area contributed by atoms with Gasteiger partial charge in [0.25, 0.3) is 0 Å². The molecule has 0 aromatic carbocycles. The van der Waals surface area contributed by atoms with Crippen molar-refractivity contribution in [1.29, 1.82) is 0 Å². The molecule has 1 aromatic heterocycles. The molecule has 178 valence electrons. The second-order valence-electron chi connectivity index (χ2n) is 12.9. The van der Waals surface area contributed by atoms with Crippen LogP contribution < -0.4 is 0 Å². The number of nitrogens with zero attached hydrogens (tertiary/aromatic N) is 3. The number of hydrogen-bond donors (Lipinski definition) is 0. The molecule has 0 spiro atoms. The Hall–Kier alpha value is -1.16. The summed E-state index contributed by atoms with van der Waals surface area (Å²) in [5, 5.41) is 8.72. The summed E-state index contributed by atoms with van der Waals surface area (Å²) in [7, 11) is 1.95. The monoisotopic (exact) mass is 439 g/mol. The summed E-state index contributed by atoms with van der Waals surface area (Å²) in [6.45, 7) is 16.9. The second kappa shape index (κ2) is 7.42. The van der Waals surface area contributed by atoms with Gasteiger partial charge >= 0.3 is 0 Å². The smallest absolute Gasteiger partial charge is 0.0817 e. The minimum atomic E-state index is 0.318. The molecule has 0 bridgehead atoms. The Morgan fingerprint density at radius 2 is 1.59 bits per heavy atom. The van der Waals surface area contributed by atoms with Gasteiger partial charge in [-0.25, -0.2) is 0 Å². The van der Waals surface area contributed by atoms with Crippen molar-refractivity contribution in [2.75, 3.05) is 13.7 Å². The summed E-state index contributed by atoms with van der Waals surface area (Å²) in [5.41, 5.74) is 3.15. The molecule has 5 rings (SSSR count). The van der Waals surface area contributed by atoms with Crippen LogP contribution in [0.15, 0.2) is 24.5 Å². The van der Waals surface area contributed by atoms with Gasteiger partial charge < -0.3 is 4.74 Å². The minimum Gasteiger partial charge on any atom is -0.384 e. The van der Waals surface area contributed by atoms with Crippen molar-refractivity contribution in [1.82, 2.24) is 15.0 Å². The number of aromatic nitrogens is 3. The molecule has 4 aliphatic rings. The highest BCUT2D eigenvalue weighted by Gasteiger charge is 2.72. The number of fused-ring (bicyclic) bond motifs is 5. The van der Waals surface area contributed by atoms with Crippen molar-refractivity contribution < 1.29 is 4.74 Å². The molecule has 0 radical (unpaired) electrons. The summed E-state index contributed by atoms with van der Waals surface area (Å²) < 4.78 is 6.08. The fourth-order valence-electron chi connectivity index (χ4n) is 10.3. The first kappa shape index (κ1) is 22.6. The van der Waals surface area contributed by atoms with E-state index in [4.69, 9.17) is 4.74 Å². The average molecular weight is 440 g/mol. The number of methoxy groups -OCH3 is 1. The molecule has 4 fully saturated rings. The largest absolute Gasteiger partial charge is 0.384 e. The van der Waals surface area contributed by atoms with E-state index in [2.05, 4.69) is 44.5 Å². The average Bonchev–Trinajstić information content (AvgIpc) is 3.35. The zero-order chi connectivity index (χ0) is 22.8. The van der Waals surface area contributed by atoms with Gasteiger partial charge in [0.05, 0.1) is 25.5 Å². The van der Waals surface area contributed by atoms with Gasteiger partial charge in [0.2, 0.25) is 0 Å². The first-order valence-corrected chi connectivity index (χ1v) is 13.2. The van der Waals surface area contributed by atoms with Crippen molar-refractivity contribution in [3.05, 3.63) is 24.5 Å². The van der Waals surface area contributed by atoms with Crippen LogP contribution in [0.1, 0.15) is 91.9 Å². The zero-order valence-electron chi connectivity index (χ0n) is 21.3. The first-order valence-electron chi connectivity index (χ1n) is 13.2. The van der Waals surface area contributed by atoms with Gasteiger partial charge in [0.1, 0.15) is 0 Å². The number of ether oxygens (including phenoxy) is 1. The zero-order valence-corrected chi connectivity index (χ0v) is 21.3. The Kier molecular flexibility index (Phi) is 5.24. The van der Waals surface area contributed by atoms with Crippen molar-refractivity contribution >= 4 is 0 Å². The molecule has 7 atom stereocenters. The maximum atomic E-state index is 6.08. The normalized spacial score (nSPS) is 48.0. The van der Waals surface area contributed by atoms with Crippen molar-refractivity contribution in [2.45, 2.75) is 98.4 Å². The number of rotatable bonds is 5. The van der Waals surface area contributed by atoms with E-state index in [1.165, 1.54) is 69.8 Å². The number of hydrogen-bond acceptors (Lipinski definition) is 3. The quantitative estimate of drug-likeness (QED) is 0.480. The van der Waals surface area contributed by atoms with Crippen LogP contribution in [0.3, 0.4) is 0 Å². The van der Waals surface area contributed by atoms with Crippen LogP contribution in [-0.4, -0.2) is 28.7 Å². The minimum absolute atomic E-state index is 0.318. The number of allylic oxidation sites excluding steroid dienone is 1. The van der Waals surface area contributed by atoms with Crippen LogP contribution in [-0.2, 0) is 11.3 Å². The standard InChI is InChI=1S/C28H45N3O/c1-21(19-31-29-17-18-30-31)22-9-14-26(4)23-10-13-24(2)11-7-8-12-28(24,20-32-6)27(23,5)16-15-25(22,26)3/h17-18,22-23H,1,7-16,19-20H2,2-6H3/t22?,23?,24-,25?,26+,27+,28?/m1/s1. The molecule has 1 heterocycles. The Morgan fingerprint density at radius 1 is 0.906 bits per heavy atom. The van der Waals surface area contributed by atoms with Gasteiger partial charge in [-0.2, -0.15) is 15.0 Å². The van der Waals surface area contributed by atoms with Crippen molar-refractivity contribution in [3.8, 4) is 0 Å². The van der Waals surface area contributed by atoms with Crippen LogP contribution in [0, 0.1) is 38.9 Å². The maximum absolute atomic E-state index is 6.08. The predicted octanol–water partition coefficient (Wildman–Crippen LogP) is 6.68. The molecule has 0 saturated heterocycles. The molecule has 0 aliphatic heterocycles. The fraction of sp³-hybridized carbons (Fsp3) is 0.857. The third-order valence-corrected chi connectivity index (χ3v) is 12.2. The van der Waals surface area contributed by atoms with Gasteiger partial charge in [0.15, 0.2) is 0 Å². The maximum Gasteiger partial charge on any atom is 0.0817 e. The fourth-order valence-corrected chi connectivity index (χ4v) is 10.3. The van der Waals surface area contributed by atoms with E-state index in [1.54, 1.807) is 12.4 Å². The molecule has 4 saturated carbocycles. The van der Waals surface area contributed by atoms with Crippen molar-refractivity contribution in [2.24, 2.45) is 38.9 Å². The van der Waals surface area contributed by atoms with Crippen LogP contribution in [0.4, 0.5) is 0 Å². The molecule has 32 heavy (non-hydrogen) atoms. The Balaban J connectivity index is 1.50. The lowest BCUT2D eigenvalue weighted by Crippen LogP contribution is -2.67. The molecule has 4 unspecified atom stereocenters. The topological polar surface area (TPSA) is 39.9 Å². The molecule has 4 aliphatic carbocycles. The van der Waals surface area contributed by atoms with Gasteiger partial charge in [0, 0.05) is 12.5 Å². The highest BCUT2D eigenvalue weighted by molar-refractivity contribution is 5.24. The molecule has 0 N–H and O–H groups in total. The van der Waals surface area contributed by atoms with Gasteiger partial charge in [-0.05, 0) is 84.9 Å². The SMILES string of the molecule is C=C(Cn1nccn1)C1CC[C@@]2(C)C3CC[C@@]4(C)CCCCC4(COC)[C@@]3(C)CCC12C. The highest BCUT2D eigenvalue weighted by Crippen LogP contribution is 2.79. The Labute approximate surface area is 195 Å². The molecule has 4 heteroatoms. The van der Waals surface area contributed by atoms with E-state index in [0.29, 0.717) is 33.0 Å². The van der Waals surface area contributed by atoms with Crippen LogP contribution in [0.5, 0.6) is 0 Å². The Morgan fingerprint density at radius 3 is 2.31 bits per heavy atom. The summed E-state index contributed by atoms with van der Waals surface area (Å²) in [6, 6.07) is 0. The van der Waals surface area contributed by atoms with Crippen LogP contribution >= 0.6 is 0 Å². The molecule has 1 aromatic rings. The van der Waals surface area contributed by atoms with Crippen molar-refractivity contribution in [3.63, 3.8) is 0 Å². The first-order chi connectivity index (χ1) is 15.2. The van der Waals surface area contributed by atoms with Crippen LogP contribution in [0.25, 0.3) is 0 Å². The molecule has 4 nitrogen and oxygen atoms in total. The molecular formula is C28H45N3O. The third-order valence-electron chi connectivity index (χ3n) is 12.2. The summed E-state index contributed by atoms with van der Waals surface area (Å²) in [6.07, 6.45) is 17.1.